The van der Waals surface area contributed by atoms with Gasteiger partial charge < -0.3 is 19.5 Å². The summed E-state index contributed by atoms with van der Waals surface area (Å²) in [5.74, 6) is 1.55. The number of hydrogen-bond acceptors (Lipinski definition) is 5. The Morgan fingerprint density at radius 1 is 1.12 bits per heavy atom. The molecule has 0 aromatic heterocycles. The van der Waals surface area contributed by atoms with E-state index in [0.717, 1.165) is 16.9 Å². The van der Waals surface area contributed by atoms with Gasteiger partial charge in [-0.05, 0) is 41.5 Å². The predicted molar refractivity (Wildman–Crippen MR) is 98.0 cm³/mol. The highest BCUT2D eigenvalue weighted by Gasteiger charge is 2.05. The van der Waals surface area contributed by atoms with Gasteiger partial charge in [0.25, 0.3) is 0 Å². The number of hydrogen-bond donors (Lipinski definition) is 1. The lowest BCUT2D eigenvalue weighted by atomic mass is 10.2. The van der Waals surface area contributed by atoms with Crippen molar-refractivity contribution in [3.05, 3.63) is 59.7 Å². The van der Waals surface area contributed by atoms with Gasteiger partial charge >= 0.3 is 0 Å². The Kier molecular flexibility index (Phi) is 7.07. The van der Waals surface area contributed by atoms with E-state index < -0.39 is 0 Å². The third-order valence-electron chi connectivity index (χ3n) is 3.53. The molecule has 0 aliphatic carbocycles. The Morgan fingerprint density at radius 3 is 2.54 bits per heavy atom. The van der Waals surface area contributed by atoms with Crippen LogP contribution >= 0.6 is 0 Å². The Labute approximate surface area is 152 Å². The van der Waals surface area contributed by atoms with Gasteiger partial charge in [-0.15, -0.1) is 0 Å². The van der Waals surface area contributed by atoms with E-state index in [-0.39, 0.29) is 12.5 Å². The van der Waals surface area contributed by atoms with Crippen LogP contribution in [0.3, 0.4) is 0 Å². The summed E-state index contributed by atoms with van der Waals surface area (Å²) in [6.45, 7) is 0.372. The van der Waals surface area contributed by atoms with Gasteiger partial charge in [-0.1, -0.05) is 18.2 Å². The summed E-state index contributed by atoms with van der Waals surface area (Å²) in [5.41, 5.74) is 1.76. The number of benzene rings is 2. The summed E-state index contributed by atoms with van der Waals surface area (Å²) in [6.07, 6.45) is 3.13. The average molecular weight is 352 g/mol. The van der Waals surface area contributed by atoms with E-state index in [1.54, 1.807) is 31.4 Å². The summed E-state index contributed by atoms with van der Waals surface area (Å²) in [5, 5.41) is 11.4. The molecule has 0 bridgehead atoms. The van der Waals surface area contributed by atoms with E-state index in [9.17, 15) is 4.79 Å². The van der Waals surface area contributed by atoms with Gasteiger partial charge in [0.05, 0.1) is 14.2 Å². The summed E-state index contributed by atoms with van der Waals surface area (Å²) in [6, 6.07) is 14.6. The van der Waals surface area contributed by atoms with E-state index in [1.807, 2.05) is 30.3 Å². The fraction of sp³-hybridized carbons (Fsp3) is 0.200. The van der Waals surface area contributed by atoms with Crippen LogP contribution in [-0.2, 0) is 11.3 Å². The molecule has 2 aromatic carbocycles. The Hall–Kier alpha value is -3.46. The van der Waals surface area contributed by atoms with Crippen molar-refractivity contribution in [2.75, 3.05) is 20.8 Å². The number of nitrogens with zero attached hydrogens (tertiary/aromatic N) is 1. The van der Waals surface area contributed by atoms with E-state index >= 15 is 0 Å². The highest BCUT2D eigenvalue weighted by molar-refractivity contribution is 5.91. The number of nitrogens with one attached hydrogen (secondary N) is 1. The number of rotatable bonds is 8. The third-order valence-corrected chi connectivity index (χ3v) is 3.53. The third kappa shape index (κ3) is 5.56. The second kappa shape index (κ2) is 9.74. The largest absolute Gasteiger partial charge is 0.497 e. The number of carbonyl (C=O) groups is 1. The summed E-state index contributed by atoms with van der Waals surface area (Å²) >= 11 is 0. The molecule has 0 atom stereocenters. The normalized spacial score (nSPS) is 10.2. The van der Waals surface area contributed by atoms with E-state index in [1.165, 1.54) is 13.2 Å². The molecule has 0 fully saturated rings. The first-order chi connectivity index (χ1) is 12.7. The minimum Gasteiger partial charge on any atom is -0.497 e. The maximum atomic E-state index is 12.0. The second-order valence-electron chi connectivity index (χ2n) is 5.26. The van der Waals surface area contributed by atoms with Crippen molar-refractivity contribution in [2.45, 2.75) is 6.54 Å². The van der Waals surface area contributed by atoms with Gasteiger partial charge in [0.1, 0.15) is 11.8 Å². The first-order valence-corrected chi connectivity index (χ1v) is 7.93. The first-order valence-electron chi connectivity index (χ1n) is 7.93. The SMILES string of the molecule is COc1ccc(CNC(=O)C=Cc2ccc(OCC#N)c(OC)c2)cc1. The molecule has 6 heteroatoms. The molecule has 0 aliphatic rings. The van der Waals surface area contributed by atoms with Crippen molar-refractivity contribution in [3.8, 4) is 23.3 Å². The molecule has 2 rings (SSSR count). The molecule has 134 valence electrons. The van der Waals surface area contributed by atoms with Gasteiger partial charge in [-0.2, -0.15) is 5.26 Å². The van der Waals surface area contributed by atoms with E-state index in [4.69, 9.17) is 19.5 Å². The van der Waals surface area contributed by atoms with Crippen LogP contribution in [0.25, 0.3) is 6.08 Å². The van der Waals surface area contributed by atoms with Crippen LogP contribution in [-0.4, -0.2) is 26.7 Å². The molecule has 0 heterocycles. The molecular weight excluding hydrogens is 332 g/mol. The zero-order valence-corrected chi connectivity index (χ0v) is 14.7. The topological polar surface area (TPSA) is 80.6 Å². The molecule has 1 amide bonds. The summed E-state index contributed by atoms with van der Waals surface area (Å²) in [4.78, 5) is 12.0. The van der Waals surface area contributed by atoms with Gasteiger partial charge in [0, 0.05) is 12.6 Å². The molecule has 6 nitrogen and oxygen atoms in total. The summed E-state index contributed by atoms with van der Waals surface area (Å²) < 4.78 is 15.6. The lowest BCUT2D eigenvalue weighted by molar-refractivity contribution is -0.116. The average Bonchev–Trinajstić information content (AvgIpc) is 2.69. The Bertz CT molecular complexity index is 808. The van der Waals surface area contributed by atoms with Crippen molar-refractivity contribution in [2.24, 2.45) is 0 Å². The van der Waals surface area contributed by atoms with Crippen molar-refractivity contribution >= 4 is 12.0 Å². The molecular formula is C20H20N2O4. The Balaban J connectivity index is 1.93. The number of carbonyl (C=O) groups excluding carboxylic acids is 1. The van der Waals surface area contributed by atoms with Gasteiger partial charge in [-0.25, -0.2) is 0 Å². The van der Waals surface area contributed by atoms with Crippen molar-refractivity contribution in [1.29, 1.82) is 5.26 Å². The van der Waals surface area contributed by atoms with Crippen LogP contribution in [0.4, 0.5) is 0 Å². The minimum absolute atomic E-state index is 0.0562. The molecule has 2 aromatic rings. The van der Waals surface area contributed by atoms with Crippen LogP contribution in [0.15, 0.2) is 48.5 Å². The van der Waals surface area contributed by atoms with Crippen molar-refractivity contribution in [3.63, 3.8) is 0 Å². The molecule has 1 N–H and O–H groups in total. The van der Waals surface area contributed by atoms with Crippen molar-refractivity contribution < 1.29 is 19.0 Å². The standard InChI is InChI=1S/C20H20N2O4/c1-24-17-7-3-16(4-8-17)14-22-20(23)10-6-15-5-9-18(26-12-11-21)19(13-15)25-2/h3-10,13H,12,14H2,1-2H3,(H,22,23). The zero-order valence-electron chi connectivity index (χ0n) is 14.7. The van der Waals surface area contributed by atoms with E-state index in [2.05, 4.69) is 5.32 Å². The van der Waals surface area contributed by atoms with Gasteiger partial charge in [0.15, 0.2) is 18.1 Å². The lowest BCUT2D eigenvalue weighted by Gasteiger charge is -2.08. The van der Waals surface area contributed by atoms with E-state index in [0.29, 0.717) is 18.0 Å². The van der Waals surface area contributed by atoms with Crippen LogP contribution < -0.4 is 19.5 Å². The number of nitriles is 1. The molecule has 26 heavy (non-hydrogen) atoms. The number of amides is 1. The highest BCUT2D eigenvalue weighted by Crippen LogP contribution is 2.28. The highest BCUT2D eigenvalue weighted by atomic mass is 16.5. The minimum atomic E-state index is -0.204. The Morgan fingerprint density at radius 2 is 1.88 bits per heavy atom. The molecule has 0 saturated carbocycles. The molecule has 0 aliphatic heterocycles. The number of ether oxygens (including phenoxy) is 3. The van der Waals surface area contributed by atoms with Crippen LogP contribution in [0.1, 0.15) is 11.1 Å². The summed E-state index contributed by atoms with van der Waals surface area (Å²) in [7, 11) is 3.13. The fourth-order valence-corrected chi connectivity index (χ4v) is 2.18. The molecule has 0 saturated heterocycles. The maximum Gasteiger partial charge on any atom is 0.244 e. The smallest absolute Gasteiger partial charge is 0.244 e. The molecule has 0 unspecified atom stereocenters. The van der Waals surface area contributed by atoms with Crippen molar-refractivity contribution in [1.82, 2.24) is 5.32 Å². The number of methoxy groups -OCH3 is 2. The second-order valence-corrected chi connectivity index (χ2v) is 5.26. The molecule has 0 radical (unpaired) electrons. The van der Waals surface area contributed by atoms with Gasteiger partial charge in [-0.3, -0.25) is 4.79 Å². The molecule has 0 spiro atoms. The van der Waals surface area contributed by atoms with Crippen LogP contribution in [0.2, 0.25) is 0 Å². The zero-order chi connectivity index (χ0) is 18.8. The quantitative estimate of drug-likeness (QED) is 0.739. The predicted octanol–water partition coefficient (Wildman–Crippen LogP) is 2.94. The first kappa shape index (κ1) is 18.9. The maximum absolute atomic E-state index is 12.0. The van der Waals surface area contributed by atoms with Crippen LogP contribution in [0.5, 0.6) is 17.2 Å². The van der Waals surface area contributed by atoms with Crippen LogP contribution in [0, 0.1) is 11.3 Å². The fourth-order valence-electron chi connectivity index (χ4n) is 2.18. The monoisotopic (exact) mass is 352 g/mol. The lowest BCUT2D eigenvalue weighted by Crippen LogP contribution is -2.20. The van der Waals surface area contributed by atoms with Gasteiger partial charge in [0.2, 0.25) is 5.91 Å².